The Balaban J connectivity index is 0.000000298. The molecule has 2 aliphatic carbocycles. The molecule has 0 radical (unpaired) electrons. The summed E-state index contributed by atoms with van der Waals surface area (Å²) >= 11 is 1.87. The predicted molar refractivity (Wildman–Crippen MR) is 251 cm³/mol. The Labute approximate surface area is 409 Å². The average Bonchev–Trinajstić information content (AvgIpc) is 3.98. The van der Waals surface area contributed by atoms with E-state index in [9.17, 15) is 54.3 Å². The fraction of sp³-hybridized carbons (Fsp3) is 0.375. The Morgan fingerprint density at radius 3 is 1.47 bits per heavy atom. The Morgan fingerprint density at radius 2 is 1.04 bits per heavy atom. The van der Waals surface area contributed by atoms with Crippen LogP contribution in [0.5, 0.6) is 0 Å². The van der Waals surface area contributed by atoms with Crippen molar-refractivity contribution in [2.75, 3.05) is 18.0 Å². The van der Waals surface area contributed by atoms with Gasteiger partial charge in [-0.1, -0.05) is 64.8 Å². The highest BCUT2D eigenvalue weighted by Gasteiger charge is 2.54. The summed E-state index contributed by atoms with van der Waals surface area (Å²) in [5.41, 5.74) is -2.06. The van der Waals surface area contributed by atoms with Crippen LogP contribution >= 0.6 is 36.1 Å². The summed E-state index contributed by atoms with van der Waals surface area (Å²) in [7, 11) is 0. The smallest absolute Gasteiger partial charge is 0.345 e. The number of rotatable bonds is 5. The summed E-state index contributed by atoms with van der Waals surface area (Å²) in [5, 5.41) is 19.9. The lowest BCUT2D eigenvalue weighted by atomic mass is 9.89. The number of benzene rings is 4. The molecule has 2 saturated carbocycles. The molecule has 2 heterocycles. The Morgan fingerprint density at radius 1 is 0.618 bits per heavy atom. The van der Waals surface area contributed by atoms with E-state index in [0.29, 0.717) is 58.8 Å². The molecule has 2 spiro atoms. The van der Waals surface area contributed by atoms with E-state index in [0.717, 1.165) is 48.1 Å². The average molecular weight is 1080 g/mol. The molecule has 4 fully saturated rings. The monoisotopic (exact) mass is 1080 g/mol. The molecule has 20 heteroatoms. The van der Waals surface area contributed by atoms with Gasteiger partial charge in [-0.05, 0) is 120 Å². The normalized spacial score (nSPS) is 17.0. The van der Waals surface area contributed by atoms with Crippen molar-refractivity contribution in [2.45, 2.75) is 103 Å². The van der Waals surface area contributed by atoms with Crippen molar-refractivity contribution in [3.05, 3.63) is 134 Å². The number of nitrogens with zero attached hydrogens (tertiary/aromatic N) is 5. The largest absolute Gasteiger partial charge is 0.416 e. The molecule has 2 saturated heterocycles. The second-order valence-electron chi connectivity index (χ2n) is 15.9. The lowest BCUT2D eigenvalue weighted by molar-refractivity contribution is -0.154. The van der Waals surface area contributed by atoms with Crippen LogP contribution in [0.1, 0.15) is 99.6 Å². The summed E-state index contributed by atoms with van der Waals surface area (Å²) in [6, 6.07) is 21.0. The predicted octanol–water partition coefficient (Wildman–Crippen LogP) is 10.6. The molecule has 0 aromatic heterocycles. The van der Waals surface area contributed by atoms with E-state index in [1.165, 1.54) is 47.4 Å². The van der Waals surface area contributed by atoms with Crippen molar-refractivity contribution in [2.24, 2.45) is 0 Å². The standard InChI is InChI=1S/C23H19F4N3O2.C16H17F3N2O2.C7H3FIN.2CH4.H2S/c24-18-11-16(12-28)5-8-19(18)29-14-20(31)30(22(21(29)32)9-1-2-10-22)13-15-3-6-17(7-4-15)23(25,26)27;17-16(18,19)12-5-3-11(4-6-12)10-21-13(22)9-20-14(23)15(21)7-1-2-8-15;8-6-3-5(4-10)1-2-7(6)9;;;/h3-8,11H,1-2,9-10,13-14H2;3-6H,1-2,7-10H2,(H,20,23);1-3H;2*1H4;1H2. The van der Waals surface area contributed by atoms with Gasteiger partial charge < -0.3 is 15.1 Å². The van der Waals surface area contributed by atoms with E-state index in [2.05, 4.69) is 5.32 Å². The molecule has 4 aromatic carbocycles. The van der Waals surface area contributed by atoms with Gasteiger partial charge in [0.2, 0.25) is 17.7 Å². The maximum atomic E-state index is 14.6. The van der Waals surface area contributed by atoms with Crippen LogP contribution < -0.4 is 10.2 Å². The number of amides is 4. The first-order chi connectivity index (χ1) is 30.7. The minimum atomic E-state index is -4.46. The maximum Gasteiger partial charge on any atom is 0.416 e. The fourth-order valence-corrected chi connectivity index (χ4v) is 8.91. The second kappa shape index (κ2) is 23.0. The number of alkyl halides is 6. The second-order valence-corrected chi connectivity index (χ2v) is 17.1. The third-order valence-corrected chi connectivity index (χ3v) is 12.8. The Kier molecular flexibility index (Phi) is 19.2. The molecule has 4 aliphatic rings. The molecule has 0 bridgehead atoms. The van der Waals surface area contributed by atoms with Gasteiger partial charge >= 0.3 is 12.4 Å². The molecular formula is C48H49F8IN6O4S. The third-order valence-electron chi connectivity index (χ3n) is 11.9. The molecule has 68 heavy (non-hydrogen) atoms. The van der Waals surface area contributed by atoms with Gasteiger partial charge in [-0.25, -0.2) is 8.78 Å². The van der Waals surface area contributed by atoms with Crippen LogP contribution in [0.3, 0.4) is 0 Å². The number of piperazine rings is 2. The molecule has 0 atom stereocenters. The molecule has 364 valence electrons. The zero-order valence-electron chi connectivity index (χ0n) is 34.8. The molecular weight excluding hydrogens is 1040 g/mol. The van der Waals surface area contributed by atoms with Crippen LogP contribution in [0.15, 0.2) is 84.9 Å². The quantitative estimate of drug-likeness (QED) is 0.156. The first-order valence-electron chi connectivity index (χ1n) is 20.3. The molecule has 4 amide bonds. The van der Waals surface area contributed by atoms with Crippen LogP contribution in [0, 0.1) is 37.9 Å². The summed E-state index contributed by atoms with van der Waals surface area (Å²) in [6.45, 7) is -0.290. The zero-order valence-corrected chi connectivity index (χ0v) is 38.0. The van der Waals surface area contributed by atoms with Gasteiger partial charge in [0.25, 0.3) is 5.91 Å². The van der Waals surface area contributed by atoms with Crippen molar-refractivity contribution in [1.82, 2.24) is 15.1 Å². The van der Waals surface area contributed by atoms with Crippen LogP contribution in [-0.2, 0) is 44.6 Å². The molecule has 2 aliphatic heterocycles. The molecule has 10 nitrogen and oxygen atoms in total. The van der Waals surface area contributed by atoms with Crippen LogP contribution in [0.2, 0.25) is 0 Å². The van der Waals surface area contributed by atoms with E-state index in [1.807, 2.05) is 34.7 Å². The summed E-state index contributed by atoms with van der Waals surface area (Å²) in [6.07, 6.45) is -3.72. The molecule has 8 rings (SSSR count). The van der Waals surface area contributed by atoms with Gasteiger partial charge in [0, 0.05) is 16.7 Å². The van der Waals surface area contributed by atoms with Crippen molar-refractivity contribution in [3.8, 4) is 12.1 Å². The third kappa shape index (κ3) is 12.3. The van der Waals surface area contributed by atoms with Crippen molar-refractivity contribution in [1.29, 1.82) is 10.5 Å². The highest BCUT2D eigenvalue weighted by molar-refractivity contribution is 14.1. The van der Waals surface area contributed by atoms with Gasteiger partial charge in [-0.15, -0.1) is 0 Å². The summed E-state index contributed by atoms with van der Waals surface area (Å²) in [4.78, 5) is 55.3. The van der Waals surface area contributed by atoms with Crippen molar-refractivity contribution < 1.29 is 54.3 Å². The minimum absolute atomic E-state index is 0. The van der Waals surface area contributed by atoms with E-state index in [-0.39, 0.29) is 83.4 Å². The highest BCUT2D eigenvalue weighted by Crippen LogP contribution is 2.43. The van der Waals surface area contributed by atoms with Crippen molar-refractivity contribution >= 4 is 65.4 Å². The SMILES string of the molecule is C.C.N#Cc1ccc(I)c(F)c1.N#Cc1ccc(N2CC(=O)N(Cc3ccc(C(F)(F)F)cc3)C3(CCCC3)C2=O)c(F)c1.O=C1CNC(=O)C2(CCCC2)N1Cc1ccc(C(F)(F)F)cc1.S. The maximum absolute atomic E-state index is 14.6. The van der Waals surface area contributed by atoms with Crippen molar-refractivity contribution in [3.63, 3.8) is 0 Å². The topological polar surface area (TPSA) is 138 Å². The number of nitrogens with one attached hydrogen (secondary N) is 1. The fourth-order valence-electron chi connectivity index (χ4n) is 8.57. The van der Waals surface area contributed by atoms with Gasteiger partial charge in [0.05, 0.1) is 46.6 Å². The Bertz CT molecular complexity index is 2530. The lowest BCUT2D eigenvalue weighted by Crippen LogP contribution is -2.67. The minimum Gasteiger partial charge on any atom is -0.345 e. The zero-order chi connectivity index (χ0) is 47.3. The summed E-state index contributed by atoms with van der Waals surface area (Å²) in [5.74, 6) is -2.26. The lowest BCUT2D eigenvalue weighted by Gasteiger charge is -2.47. The number of carbonyl (C=O) groups is 4. The first-order valence-corrected chi connectivity index (χ1v) is 21.4. The molecule has 4 aromatic rings. The number of carbonyl (C=O) groups excluding carboxylic acids is 4. The van der Waals surface area contributed by atoms with Crippen LogP contribution in [0.4, 0.5) is 40.8 Å². The van der Waals surface area contributed by atoms with Crippen LogP contribution in [0.25, 0.3) is 0 Å². The highest BCUT2D eigenvalue weighted by atomic mass is 127. The number of nitriles is 2. The van der Waals surface area contributed by atoms with E-state index in [1.54, 1.807) is 17.0 Å². The molecule has 0 unspecified atom stereocenters. The van der Waals surface area contributed by atoms with Gasteiger partial charge in [-0.2, -0.15) is 50.4 Å². The number of anilines is 1. The molecule has 1 N–H and O–H groups in total. The van der Waals surface area contributed by atoms with Crippen LogP contribution in [-0.4, -0.2) is 57.6 Å². The van der Waals surface area contributed by atoms with E-state index < -0.39 is 52.2 Å². The number of hydrogen-bond acceptors (Lipinski definition) is 6. The van der Waals surface area contributed by atoms with Gasteiger partial charge in [-0.3, -0.25) is 24.1 Å². The summed E-state index contributed by atoms with van der Waals surface area (Å²) < 4.78 is 104. The number of halogens is 9. The van der Waals surface area contributed by atoms with Gasteiger partial charge in [0.1, 0.15) is 29.3 Å². The van der Waals surface area contributed by atoms with E-state index >= 15 is 0 Å². The first kappa shape index (κ1) is 56.6. The van der Waals surface area contributed by atoms with Gasteiger partial charge in [0.15, 0.2) is 0 Å². The Hall–Kier alpha value is -5.74. The number of hydrogen-bond donors (Lipinski definition) is 1. The van der Waals surface area contributed by atoms with E-state index in [4.69, 9.17) is 10.5 Å².